The molecule has 0 fully saturated rings. The van der Waals surface area contributed by atoms with Crippen LogP contribution < -0.4 is 0 Å². The Hall–Kier alpha value is -0.380. The minimum Gasteiger partial charge on any atom is -0.384 e. The first kappa shape index (κ1) is 24.9. The van der Waals surface area contributed by atoms with Gasteiger partial charge in [0.2, 0.25) is 0 Å². The lowest BCUT2D eigenvalue weighted by Crippen LogP contribution is -2.43. The molecule has 0 saturated heterocycles. The van der Waals surface area contributed by atoms with Gasteiger partial charge >= 0.3 is 0 Å². The summed E-state index contributed by atoms with van der Waals surface area (Å²) >= 11 is 0. The maximum absolute atomic E-state index is 5.88. The van der Waals surface area contributed by atoms with E-state index < -0.39 is 5.79 Å². The zero-order valence-corrected chi connectivity index (χ0v) is 16.7. The molecule has 0 radical (unpaired) electrons. The van der Waals surface area contributed by atoms with Gasteiger partial charge in [-0.05, 0) is 34.1 Å². The molecule has 0 heterocycles. The van der Waals surface area contributed by atoms with E-state index in [1.165, 1.54) is 38.5 Å². The van der Waals surface area contributed by atoms with Gasteiger partial charge in [0.15, 0.2) is 5.79 Å². The molecule has 0 N–H and O–H groups in total. The van der Waals surface area contributed by atoms with Crippen molar-refractivity contribution in [3.05, 3.63) is 12.7 Å². The first-order valence-electron chi connectivity index (χ1n) is 9.39. The van der Waals surface area contributed by atoms with Crippen LogP contribution in [0.2, 0.25) is 0 Å². The third-order valence-electron chi connectivity index (χ3n) is 3.88. The molecule has 3 heteroatoms. The SMILES string of the molecule is C=CC.CCCCCCCCC(COC)C(C)(OCC)OCC. The van der Waals surface area contributed by atoms with Gasteiger partial charge in [0.25, 0.3) is 0 Å². The predicted octanol–water partition coefficient (Wildman–Crippen LogP) is 5.98. The van der Waals surface area contributed by atoms with Crippen molar-refractivity contribution in [3.63, 3.8) is 0 Å². The maximum Gasteiger partial charge on any atom is 0.170 e. The van der Waals surface area contributed by atoms with Crippen molar-refractivity contribution in [2.75, 3.05) is 26.9 Å². The Morgan fingerprint density at radius 1 is 0.957 bits per heavy atom. The zero-order chi connectivity index (χ0) is 18.0. The van der Waals surface area contributed by atoms with E-state index in [9.17, 15) is 0 Å². The zero-order valence-electron chi connectivity index (χ0n) is 16.7. The van der Waals surface area contributed by atoms with Crippen LogP contribution in [0.1, 0.15) is 79.6 Å². The number of rotatable bonds is 14. The topological polar surface area (TPSA) is 27.7 Å². The second-order valence-electron chi connectivity index (χ2n) is 6.00. The molecule has 140 valence electrons. The summed E-state index contributed by atoms with van der Waals surface area (Å²) in [5, 5.41) is 0. The van der Waals surface area contributed by atoms with Crippen LogP contribution in [0, 0.1) is 5.92 Å². The lowest BCUT2D eigenvalue weighted by molar-refractivity contribution is -0.259. The van der Waals surface area contributed by atoms with Crippen molar-refractivity contribution in [3.8, 4) is 0 Å². The van der Waals surface area contributed by atoms with Gasteiger partial charge in [0.1, 0.15) is 0 Å². The molecular weight excluding hydrogens is 288 g/mol. The first-order valence-corrected chi connectivity index (χ1v) is 9.39. The molecule has 0 aromatic rings. The third-order valence-corrected chi connectivity index (χ3v) is 3.88. The minimum atomic E-state index is -0.511. The second-order valence-corrected chi connectivity index (χ2v) is 6.00. The lowest BCUT2D eigenvalue weighted by Gasteiger charge is -2.36. The Morgan fingerprint density at radius 3 is 1.87 bits per heavy atom. The van der Waals surface area contributed by atoms with Crippen LogP contribution in [-0.2, 0) is 14.2 Å². The fraction of sp³-hybridized carbons (Fsp3) is 0.900. The fourth-order valence-electron chi connectivity index (χ4n) is 2.72. The minimum absolute atomic E-state index is 0.304. The molecule has 0 bridgehead atoms. The summed E-state index contributed by atoms with van der Waals surface area (Å²) in [5.41, 5.74) is 0. The van der Waals surface area contributed by atoms with E-state index in [-0.39, 0.29) is 0 Å². The summed E-state index contributed by atoms with van der Waals surface area (Å²) in [6.45, 7) is 15.6. The van der Waals surface area contributed by atoms with Crippen LogP contribution in [0.3, 0.4) is 0 Å². The quantitative estimate of drug-likeness (QED) is 0.223. The van der Waals surface area contributed by atoms with Gasteiger partial charge in [0.05, 0.1) is 6.61 Å². The van der Waals surface area contributed by atoms with Crippen molar-refractivity contribution in [2.24, 2.45) is 5.92 Å². The molecule has 0 saturated carbocycles. The standard InChI is InChI=1S/C17H36O3.C3H6/c1-6-9-10-11-12-13-14-16(15-18-5)17(4,19-7-2)20-8-3;1-3-2/h16H,6-15H2,1-5H3;3H,1H2,2H3. The van der Waals surface area contributed by atoms with Gasteiger partial charge in [-0.1, -0.05) is 51.5 Å². The van der Waals surface area contributed by atoms with Gasteiger partial charge in [-0.15, -0.1) is 6.58 Å². The van der Waals surface area contributed by atoms with Crippen LogP contribution in [0.5, 0.6) is 0 Å². The summed E-state index contributed by atoms with van der Waals surface area (Å²) in [6.07, 6.45) is 10.8. The smallest absolute Gasteiger partial charge is 0.170 e. The van der Waals surface area contributed by atoms with Gasteiger partial charge in [-0.25, -0.2) is 0 Å². The van der Waals surface area contributed by atoms with Gasteiger partial charge in [-0.3, -0.25) is 0 Å². The van der Waals surface area contributed by atoms with E-state index in [1.807, 2.05) is 20.8 Å². The molecule has 3 nitrogen and oxygen atoms in total. The number of allylic oxidation sites excluding steroid dienone is 1. The normalized spacial score (nSPS) is 12.4. The summed E-state index contributed by atoms with van der Waals surface area (Å²) in [6, 6.07) is 0. The summed E-state index contributed by atoms with van der Waals surface area (Å²) < 4.78 is 17.1. The summed E-state index contributed by atoms with van der Waals surface area (Å²) in [5.74, 6) is -0.207. The Kier molecular flexibility index (Phi) is 19.4. The van der Waals surface area contributed by atoms with Crippen LogP contribution in [0.15, 0.2) is 12.7 Å². The van der Waals surface area contributed by atoms with Crippen LogP contribution >= 0.6 is 0 Å². The highest BCUT2D eigenvalue weighted by Crippen LogP contribution is 2.29. The average Bonchev–Trinajstić information content (AvgIpc) is 2.51. The highest BCUT2D eigenvalue weighted by molar-refractivity contribution is 4.75. The van der Waals surface area contributed by atoms with Gasteiger partial charge in [-0.2, -0.15) is 0 Å². The molecule has 0 amide bonds. The fourth-order valence-corrected chi connectivity index (χ4v) is 2.72. The molecule has 0 aliphatic rings. The largest absolute Gasteiger partial charge is 0.384 e. The van der Waals surface area contributed by atoms with E-state index in [0.29, 0.717) is 25.7 Å². The molecule has 23 heavy (non-hydrogen) atoms. The van der Waals surface area contributed by atoms with Crippen LogP contribution in [0.25, 0.3) is 0 Å². The van der Waals surface area contributed by atoms with Crippen molar-refractivity contribution in [1.82, 2.24) is 0 Å². The Bertz CT molecular complexity index is 235. The number of ether oxygens (including phenoxy) is 3. The third kappa shape index (κ3) is 13.7. The van der Waals surface area contributed by atoms with Crippen molar-refractivity contribution in [1.29, 1.82) is 0 Å². The number of hydrogen-bond acceptors (Lipinski definition) is 3. The van der Waals surface area contributed by atoms with Crippen molar-refractivity contribution in [2.45, 2.75) is 85.4 Å². The maximum atomic E-state index is 5.88. The average molecular weight is 331 g/mol. The van der Waals surface area contributed by atoms with E-state index in [4.69, 9.17) is 14.2 Å². The predicted molar refractivity (Wildman–Crippen MR) is 101 cm³/mol. The van der Waals surface area contributed by atoms with Gasteiger partial charge in [0, 0.05) is 26.2 Å². The highest BCUT2D eigenvalue weighted by atomic mass is 16.7. The van der Waals surface area contributed by atoms with Crippen LogP contribution in [0.4, 0.5) is 0 Å². The first-order chi connectivity index (χ1) is 11.1. The molecule has 1 unspecified atom stereocenters. The van der Waals surface area contributed by atoms with E-state index >= 15 is 0 Å². The van der Waals surface area contributed by atoms with Crippen LogP contribution in [-0.4, -0.2) is 32.7 Å². The van der Waals surface area contributed by atoms with Gasteiger partial charge < -0.3 is 14.2 Å². The molecule has 0 aromatic heterocycles. The number of hydrogen-bond donors (Lipinski definition) is 0. The number of methoxy groups -OCH3 is 1. The van der Waals surface area contributed by atoms with Crippen molar-refractivity contribution < 1.29 is 14.2 Å². The second kappa shape index (κ2) is 18.0. The molecule has 0 spiro atoms. The molecular formula is C20H42O3. The van der Waals surface area contributed by atoms with E-state index in [1.54, 1.807) is 13.2 Å². The molecule has 0 aromatic carbocycles. The molecule has 0 aliphatic carbocycles. The van der Waals surface area contributed by atoms with Crippen molar-refractivity contribution >= 4 is 0 Å². The van der Waals surface area contributed by atoms with E-state index in [2.05, 4.69) is 20.4 Å². The molecule has 0 rings (SSSR count). The lowest BCUT2D eigenvalue weighted by atomic mass is 9.93. The Morgan fingerprint density at radius 2 is 1.43 bits per heavy atom. The molecule has 1 atom stereocenters. The molecule has 0 aliphatic heterocycles. The summed E-state index contributed by atoms with van der Waals surface area (Å²) in [4.78, 5) is 0. The highest BCUT2D eigenvalue weighted by Gasteiger charge is 2.35. The Labute approximate surface area is 145 Å². The monoisotopic (exact) mass is 330 g/mol. The Balaban J connectivity index is 0. The summed E-state index contributed by atoms with van der Waals surface area (Å²) in [7, 11) is 1.76. The van der Waals surface area contributed by atoms with E-state index in [0.717, 1.165) is 6.42 Å². The number of unbranched alkanes of at least 4 members (excludes halogenated alkanes) is 5.